The summed E-state index contributed by atoms with van der Waals surface area (Å²) in [6.07, 6.45) is 0. The third-order valence-electron chi connectivity index (χ3n) is 3.37. The molecular formula is C16H20OSi2. The van der Waals surface area contributed by atoms with E-state index in [0.29, 0.717) is 9.76 Å². The first-order valence-electron chi connectivity index (χ1n) is 6.85. The average molecular weight is 285 g/mol. The molecule has 1 nitrogen and oxygen atoms in total. The van der Waals surface area contributed by atoms with E-state index in [0.717, 1.165) is 12.1 Å². The highest BCUT2D eigenvalue weighted by Gasteiger charge is 2.36. The highest BCUT2D eigenvalue weighted by atomic mass is 28.4. The maximum Gasteiger partial charge on any atom is 0.244 e. The van der Waals surface area contributed by atoms with Crippen LogP contribution in [-0.4, -0.2) is 18.1 Å². The van der Waals surface area contributed by atoms with Gasteiger partial charge in [-0.1, -0.05) is 74.5 Å². The summed E-state index contributed by atoms with van der Waals surface area (Å²) in [5.74, 6) is 0. The maximum absolute atomic E-state index is 6.47. The molecule has 0 atom stereocenters. The lowest BCUT2D eigenvalue weighted by Gasteiger charge is -2.31. The average Bonchev–Trinajstić information content (AvgIpc) is 2.51. The maximum atomic E-state index is 6.47. The van der Waals surface area contributed by atoms with Crippen molar-refractivity contribution < 1.29 is 4.12 Å². The quantitative estimate of drug-likeness (QED) is 0.741. The highest BCUT2D eigenvalue weighted by Crippen LogP contribution is 2.12. The van der Waals surface area contributed by atoms with Crippen LogP contribution in [0.4, 0.5) is 0 Å². The van der Waals surface area contributed by atoms with Crippen LogP contribution in [0.1, 0.15) is 13.8 Å². The minimum atomic E-state index is -2.03. The second-order valence-corrected chi connectivity index (χ2v) is 9.84. The van der Waals surface area contributed by atoms with E-state index in [-0.39, 0.29) is 0 Å². The van der Waals surface area contributed by atoms with Gasteiger partial charge in [-0.3, -0.25) is 0 Å². The van der Waals surface area contributed by atoms with Gasteiger partial charge in [0, 0.05) is 0 Å². The first-order chi connectivity index (χ1) is 9.33. The van der Waals surface area contributed by atoms with E-state index in [4.69, 9.17) is 4.12 Å². The molecule has 98 valence electrons. The zero-order valence-electron chi connectivity index (χ0n) is 11.6. The molecule has 0 aromatic heterocycles. The second-order valence-electron chi connectivity index (χ2n) is 4.51. The van der Waals surface area contributed by atoms with Gasteiger partial charge >= 0.3 is 0 Å². The second kappa shape index (κ2) is 6.84. The van der Waals surface area contributed by atoms with Gasteiger partial charge in [0.25, 0.3) is 0 Å². The van der Waals surface area contributed by atoms with Gasteiger partial charge in [-0.25, -0.2) is 0 Å². The Labute approximate surface area is 119 Å². The molecule has 2 aromatic carbocycles. The summed E-state index contributed by atoms with van der Waals surface area (Å²) in [7, 11) is -1.44. The highest BCUT2D eigenvalue weighted by molar-refractivity contribution is 6.99. The molecule has 0 N–H and O–H groups in total. The summed E-state index contributed by atoms with van der Waals surface area (Å²) in [5, 5.41) is 2.76. The SMILES string of the molecule is CC[Si]O[Si](CC)(c1ccccc1)c1ccccc1. The van der Waals surface area contributed by atoms with Gasteiger partial charge in [-0.15, -0.1) is 0 Å². The summed E-state index contributed by atoms with van der Waals surface area (Å²) in [5.41, 5.74) is 0. The summed E-state index contributed by atoms with van der Waals surface area (Å²) < 4.78 is 6.47. The number of rotatable bonds is 6. The number of hydrogen-bond donors (Lipinski definition) is 0. The molecule has 0 amide bonds. The summed E-state index contributed by atoms with van der Waals surface area (Å²) in [4.78, 5) is 0. The Bertz CT molecular complexity index is 445. The lowest BCUT2D eigenvalue weighted by molar-refractivity contribution is 0.602. The van der Waals surface area contributed by atoms with Gasteiger partial charge < -0.3 is 4.12 Å². The molecule has 0 aliphatic heterocycles. The van der Waals surface area contributed by atoms with Crippen LogP contribution >= 0.6 is 0 Å². The first-order valence-corrected chi connectivity index (χ1v) is 10.1. The van der Waals surface area contributed by atoms with E-state index in [1.165, 1.54) is 10.4 Å². The summed E-state index contributed by atoms with van der Waals surface area (Å²) in [6, 6.07) is 23.7. The molecule has 3 heteroatoms. The monoisotopic (exact) mass is 284 g/mol. The zero-order chi connectivity index (χ0) is 13.6. The lowest BCUT2D eigenvalue weighted by Crippen LogP contribution is -2.60. The van der Waals surface area contributed by atoms with Crippen LogP contribution in [0.15, 0.2) is 60.7 Å². The molecule has 0 heterocycles. The van der Waals surface area contributed by atoms with Gasteiger partial charge in [-0.05, 0) is 22.5 Å². The van der Waals surface area contributed by atoms with Gasteiger partial charge in [-0.2, -0.15) is 0 Å². The molecule has 0 bridgehead atoms. The van der Waals surface area contributed by atoms with Crippen LogP contribution in [0.2, 0.25) is 12.1 Å². The van der Waals surface area contributed by atoms with Gasteiger partial charge in [0.2, 0.25) is 18.1 Å². The van der Waals surface area contributed by atoms with Gasteiger partial charge in [0.15, 0.2) is 0 Å². The summed E-state index contributed by atoms with van der Waals surface area (Å²) in [6.45, 7) is 4.44. The Morgan fingerprint density at radius 2 is 1.32 bits per heavy atom. The largest absolute Gasteiger partial charge is 0.449 e. The molecule has 19 heavy (non-hydrogen) atoms. The van der Waals surface area contributed by atoms with Crippen LogP contribution < -0.4 is 10.4 Å². The van der Waals surface area contributed by atoms with Crippen molar-refractivity contribution in [2.24, 2.45) is 0 Å². The Balaban J connectivity index is 2.48. The van der Waals surface area contributed by atoms with Crippen LogP contribution in [0.3, 0.4) is 0 Å². The van der Waals surface area contributed by atoms with Crippen LogP contribution in [0, 0.1) is 0 Å². The predicted molar refractivity (Wildman–Crippen MR) is 85.7 cm³/mol. The van der Waals surface area contributed by atoms with Crippen molar-refractivity contribution in [3.8, 4) is 0 Å². The van der Waals surface area contributed by atoms with Crippen molar-refractivity contribution in [2.45, 2.75) is 25.9 Å². The third kappa shape index (κ3) is 3.05. The lowest BCUT2D eigenvalue weighted by atomic mass is 10.4. The van der Waals surface area contributed by atoms with Crippen molar-refractivity contribution in [3.63, 3.8) is 0 Å². The molecular weight excluding hydrogens is 264 g/mol. The standard InChI is InChI=1S/C16H20OSi2/c1-3-18-17-19(4-2,15-11-7-5-8-12-15)16-13-9-6-10-14-16/h5-14H,3-4H2,1-2H3. The molecule has 0 aliphatic rings. The fourth-order valence-corrected chi connectivity index (χ4v) is 8.07. The fourth-order valence-electron chi connectivity index (χ4n) is 2.38. The van der Waals surface area contributed by atoms with E-state index in [9.17, 15) is 0 Å². The minimum Gasteiger partial charge on any atom is -0.449 e. The van der Waals surface area contributed by atoms with Crippen molar-refractivity contribution in [2.75, 3.05) is 0 Å². The Morgan fingerprint density at radius 3 is 1.68 bits per heavy atom. The molecule has 2 aromatic rings. The normalized spacial score (nSPS) is 11.5. The van der Waals surface area contributed by atoms with Gasteiger partial charge in [0.1, 0.15) is 0 Å². The zero-order valence-corrected chi connectivity index (χ0v) is 13.6. The van der Waals surface area contributed by atoms with E-state index < -0.39 is 8.32 Å². The van der Waals surface area contributed by atoms with Crippen LogP contribution in [0.5, 0.6) is 0 Å². The topological polar surface area (TPSA) is 9.23 Å². The molecule has 0 aliphatic carbocycles. The number of hydrogen-bond acceptors (Lipinski definition) is 1. The summed E-state index contributed by atoms with van der Waals surface area (Å²) >= 11 is 0. The molecule has 0 spiro atoms. The third-order valence-corrected chi connectivity index (χ3v) is 9.16. The Kier molecular flexibility index (Phi) is 5.13. The van der Waals surface area contributed by atoms with Crippen molar-refractivity contribution >= 4 is 28.5 Å². The van der Waals surface area contributed by atoms with Crippen molar-refractivity contribution in [1.29, 1.82) is 0 Å². The molecule has 2 radical (unpaired) electrons. The molecule has 0 saturated heterocycles. The van der Waals surface area contributed by atoms with E-state index in [1.54, 1.807) is 0 Å². The fraction of sp³-hybridized carbons (Fsp3) is 0.250. The van der Waals surface area contributed by atoms with E-state index in [1.807, 2.05) is 0 Å². The van der Waals surface area contributed by atoms with Crippen molar-refractivity contribution in [1.82, 2.24) is 0 Å². The number of benzene rings is 2. The smallest absolute Gasteiger partial charge is 0.244 e. The van der Waals surface area contributed by atoms with Crippen LogP contribution in [-0.2, 0) is 4.12 Å². The Morgan fingerprint density at radius 1 is 0.842 bits per heavy atom. The predicted octanol–water partition coefficient (Wildman–Crippen LogP) is 2.84. The molecule has 0 unspecified atom stereocenters. The molecule has 0 saturated carbocycles. The Hall–Kier alpha value is -1.17. The van der Waals surface area contributed by atoms with Crippen LogP contribution in [0.25, 0.3) is 0 Å². The van der Waals surface area contributed by atoms with E-state index in [2.05, 4.69) is 74.5 Å². The first kappa shape index (κ1) is 14.2. The molecule has 2 rings (SSSR count). The molecule has 0 fully saturated rings. The van der Waals surface area contributed by atoms with Gasteiger partial charge in [0.05, 0.1) is 0 Å². The van der Waals surface area contributed by atoms with E-state index >= 15 is 0 Å². The van der Waals surface area contributed by atoms with Crippen molar-refractivity contribution in [3.05, 3.63) is 60.7 Å². The minimum absolute atomic E-state index is 0.586.